The van der Waals surface area contributed by atoms with E-state index in [0.29, 0.717) is 6.04 Å². The fraction of sp³-hybridized carbons (Fsp3) is 0.667. The number of benzene rings is 1. The lowest BCUT2D eigenvalue weighted by Crippen LogP contribution is -2.23. The second-order valence-electron chi connectivity index (χ2n) is 6.35. The van der Waals surface area contributed by atoms with Gasteiger partial charge in [0.25, 0.3) is 0 Å². The smallest absolute Gasteiger partial charge is 0.0409 e. The van der Waals surface area contributed by atoms with Crippen LogP contribution in [0, 0.1) is 0 Å². The minimum absolute atomic E-state index is 0.431. The SMILES string of the molecule is CC(c1cccc(Cl)c1)N(C)CCCCCCNC1CC1. The topological polar surface area (TPSA) is 15.3 Å². The third-order valence-corrected chi connectivity index (χ3v) is 4.68. The number of rotatable bonds is 10. The average Bonchev–Trinajstić information content (AvgIpc) is 3.29. The Kier molecular flexibility index (Phi) is 7.01. The molecule has 0 bridgehead atoms. The van der Waals surface area contributed by atoms with Crippen LogP contribution in [0.15, 0.2) is 24.3 Å². The van der Waals surface area contributed by atoms with Gasteiger partial charge in [-0.3, -0.25) is 4.90 Å². The molecule has 0 saturated heterocycles. The summed E-state index contributed by atoms with van der Waals surface area (Å²) >= 11 is 6.07. The molecule has 0 heterocycles. The molecule has 0 aromatic heterocycles. The van der Waals surface area contributed by atoms with Gasteiger partial charge in [0.15, 0.2) is 0 Å². The fourth-order valence-electron chi connectivity index (χ4n) is 2.65. The van der Waals surface area contributed by atoms with E-state index in [0.717, 1.165) is 17.6 Å². The van der Waals surface area contributed by atoms with Crippen LogP contribution in [-0.4, -0.2) is 31.1 Å². The molecule has 1 unspecified atom stereocenters. The molecule has 2 nitrogen and oxygen atoms in total. The highest BCUT2D eigenvalue weighted by Gasteiger charge is 2.19. The lowest BCUT2D eigenvalue weighted by molar-refractivity contribution is 0.255. The molecule has 1 fully saturated rings. The van der Waals surface area contributed by atoms with Crippen LogP contribution >= 0.6 is 11.6 Å². The molecule has 21 heavy (non-hydrogen) atoms. The maximum atomic E-state index is 6.07. The second-order valence-corrected chi connectivity index (χ2v) is 6.79. The van der Waals surface area contributed by atoms with E-state index in [-0.39, 0.29) is 0 Å². The fourth-order valence-corrected chi connectivity index (χ4v) is 2.85. The van der Waals surface area contributed by atoms with Gasteiger partial charge in [-0.1, -0.05) is 36.6 Å². The number of nitrogens with one attached hydrogen (secondary N) is 1. The van der Waals surface area contributed by atoms with Gasteiger partial charge in [-0.15, -0.1) is 0 Å². The van der Waals surface area contributed by atoms with Crippen LogP contribution in [-0.2, 0) is 0 Å². The molecule has 1 saturated carbocycles. The summed E-state index contributed by atoms with van der Waals surface area (Å²) in [5, 5.41) is 4.41. The number of nitrogens with zero attached hydrogens (tertiary/aromatic N) is 1. The monoisotopic (exact) mass is 308 g/mol. The summed E-state index contributed by atoms with van der Waals surface area (Å²) in [7, 11) is 2.21. The van der Waals surface area contributed by atoms with Crippen LogP contribution in [0.3, 0.4) is 0 Å². The van der Waals surface area contributed by atoms with Gasteiger partial charge in [0, 0.05) is 17.1 Å². The lowest BCUT2D eigenvalue weighted by Gasteiger charge is -2.25. The Balaban J connectivity index is 1.56. The Morgan fingerprint density at radius 3 is 2.71 bits per heavy atom. The zero-order valence-corrected chi connectivity index (χ0v) is 14.2. The first-order chi connectivity index (χ1) is 10.2. The van der Waals surface area contributed by atoms with Crippen molar-refractivity contribution in [1.82, 2.24) is 10.2 Å². The van der Waals surface area contributed by atoms with Gasteiger partial charge in [-0.05, 0) is 70.4 Å². The summed E-state index contributed by atoms with van der Waals surface area (Å²) < 4.78 is 0. The minimum Gasteiger partial charge on any atom is -0.314 e. The van der Waals surface area contributed by atoms with Gasteiger partial charge in [-0.2, -0.15) is 0 Å². The molecular formula is C18H29ClN2. The summed E-state index contributed by atoms with van der Waals surface area (Å²) in [5.74, 6) is 0. The molecule has 1 N–H and O–H groups in total. The Labute approximate surface area is 134 Å². The first-order valence-electron chi connectivity index (χ1n) is 8.36. The third kappa shape index (κ3) is 6.37. The number of hydrogen-bond acceptors (Lipinski definition) is 2. The average molecular weight is 309 g/mol. The molecule has 118 valence electrons. The summed E-state index contributed by atoms with van der Waals surface area (Å²) in [5.41, 5.74) is 1.30. The first-order valence-corrected chi connectivity index (χ1v) is 8.73. The molecule has 3 heteroatoms. The van der Waals surface area contributed by atoms with E-state index in [2.05, 4.69) is 36.3 Å². The molecule has 1 aromatic carbocycles. The van der Waals surface area contributed by atoms with Crippen molar-refractivity contribution in [3.63, 3.8) is 0 Å². The Morgan fingerprint density at radius 1 is 1.24 bits per heavy atom. The van der Waals surface area contributed by atoms with Crippen LogP contribution in [0.2, 0.25) is 5.02 Å². The molecule has 1 aromatic rings. The maximum Gasteiger partial charge on any atom is 0.0409 e. The Bertz CT molecular complexity index is 417. The summed E-state index contributed by atoms with van der Waals surface area (Å²) in [6.07, 6.45) is 8.07. The molecule has 2 rings (SSSR count). The van der Waals surface area contributed by atoms with Gasteiger partial charge in [-0.25, -0.2) is 0 Å². The largest absolute Gasteiger partial charge is 0.314 e. The standard InChI is InChI=1S/C18H29ClN2/c1-15(16-8-7-9-17(19)14-16)21(2)13-6-4-3-5-12-20-18-10-11-18/h7-9,14-15,18,20H,3-6,10-13H2,1-2H3. The van der Waals surface area contributed by atoms with Gasteiger partial charge >= 0.3 is 0 Å². The molecule has 0 radical (unpaired) electrons. The van der Waals surface area contributed by atoms with Crippen molar-refractivity contribution >= 4 is 11.6 Å². The van der Waals surface area contributed by atoms with Gasteiger partial charge in [0.2, 0.25) is 0 Å². The van der Waals surface area contributed by atoms with E-state index in [4.69, 9.17) is 11.6 Å². The predicted octanol–water partition coefficient (Wildman–Crippen LogP) is 4.65. The normalized spacial score (nSPS) is 16.4. The molecular weight excluding hydrogens is 280 g/mol. The lowest BCUT2D eigenvalue weighted by atomic mass is 10.1. The third-order valence-electron chi connectivity index (χ3n) is 4.44. The molecule has 0 amide bonds. The van der Waals surface area contributed by atoms with Crippen LogP contribution in [0.25, 0.3) is 0 Å². The summed E-state index contributed by atoms with van der Waals surface area (Å²) in [4.78, 5) is 2.42. The Morgan fingerprint density at radius 2 is 2.00 bits per heavy atom. The molecule has 1 aliphatic carbocycles. The van der Waals surface area contributed by atoms with Gasteiger partial charge < -0.3 is 5.32 Å². The number of halogens is 1. The van der Waals surface area contributed by atoms with E-state index >= 15 is 0 Å². The predicted molar refractivity (Wildman–Crippen MR) is 92.0 cm³/mol. The van der Waals surface area contributed by atoms with Crippen molar-refractivity contribution in [2.24, 2.45) is 0 Å². The number of unbranched alkanes of at least 4 members (excludes halogenated alkanes) is 3. The zero-order chi connectivity index (χ0) is 15.1. The first kappa shape index (κ1) is 16.8. The van der Waals surface area contributed by atoms with Crippen LogP contribution in [0.4, 0.5) is 0 Å². The van der Waals surface area contributed by atoms with E-state index in [1.54, 1.807) is 0 Å². The van der Waals surface area contributed by atoms with Crippen LogP contribution in [0.5, 0.6) is 0 Å². The minimum atomic E-state index is 0.431. The van der Waals surface area contributed by atoms with Gasteiger partial charge in [0.05, 0.1) is 0 Å². The second kappa shape index (κ2) is 8.77. The van der Waals surface area contributed by atoms with E-state index < -0.39 is 0 Å². The molecule has 1 atom stereocenters. The van der Waals surface area contributed by atoms with E-state index in [1.165, 1.54) is 50.6 Å². The highest BCUT2D eigenvalue weighted by atomic mass is 35.5. The summed E-state index contributed by atoms with van der Waals surface area (Å²) in [6, 6.07) is 9.50. The maximum absolute atomic E-state index is 6.07. The van der Waals surface area contributed by atoms with Crippen LogP contribution in [0.1, 0.15) is 57.1 Å². The van der Waals surface area contributed by atoms with Gasteiger partial charge in [0.1, 0.15) is 0 Å². The van der Waals surface area contributed by atoms with Crippen molar-refractivity contribution in [2.45, 2.75) is 57.5 Å². The Hall–Kier alpha value is -0.570. The van der Waals surface area contributed by atoms with Crippen molar-refractivity contribution < 1.29 is 0 Å². The zero-order valence-electron chi connectivity index (χ0n) is 13.4. The molecule has 0 spiro atoms. The highest BCUT2D eigenvalue weighted by Crippen LogP contribution is 2.22. The summed E-state index contributed by atoms with van der Waals surface area (Å²) in [6.45, 7) is 4.62. The van der Waals surface area contributed by atoms with Crippen molar-refractivity contribution in [2.75, 3.05) is 20.1 Å². The van der Waals surface area contributed by atoms with Crippen molar-refractivity contribution in [3.05, 3.63) is 34.9 Å². The van der Waals surface area contributed by atoms with Crippen molar-refractivity contribution in [3.8, 4) is 0 Å². The molecule has 0 aliphatic heterocycles. The quantitative estimate of drug-likeness (QED) is 0.633. The van der Waals surface area contributed by atoms with Crippen molar-refractivity contribution in [1.29, 1.82) is 0 Å². The molecule has 1 aliphatic rings. The number of hydrogen-bond donors (Lipinski definition) is 1. The van der Waals surface area contributed by atoms with E-state index in [1.807, 2.05) is 12.1 Å². The highest BCUT2D eigenvalue weighted by molar-refractivity contribution is 6.30. The van der Waals surface area contributed by atoms with E-state index in [9.17, 15) is 0 Å². The van der Waals surface area contributed by atoms with Crippen LogP contribution < -0.4 is 5.32 Å².